The molecule has 6 heteroatoms. The zero-order chi connectivity index (χ0) is 13.5. The summed E-state index contributed by atoms with van der Waals surface area (Å²) in [5, 5.41) is 3.07. The van der Waals surface area contributed by atoms with Gasteiger partial charge in [0.15, 0.2) is 0 Å². The Hall–Kier alpha value is -1.30. The third kappa shape index (κ3) is 4.52. The number of anilines is 1. The van der Waals surface area contributed by atoms with Crippen LogP contribution in [0.1, 0.15) is 6.92 Å². The van der Waals surface area contributed by atoms with E-state index in [4.69, 9.17) is 26.8 Å². The van der Waals surface area contributed by atoms with Gasteiger partial charge in [-0.15, -0.1) is 0 Å². The van der Waals surface area contributed by atoms with Crippen molar-refractivity contribution >= 4 is 23.2 Å². The standard InChI is InChI=1S/C12H17ClN2O3/c1-8(14)12(16)15-9-3-4-11(10(13)7-9)18-6-5-17-2/h3-4,7-8H,5-6,14H2,1-2H3,(H,15,16)/t8-/m1/s1. The molecule has 0 fully saturated rings. The SMILES string of the molecule is COCCOc1ccc(NC(=O)[C@@H](C)N)cc1Cl. The molecule has 1 aromatic rings. The number of halogens is 1. The minimum atomic E-state index is -0.568. The van der Waals surface area contributed by atoms with Crippen molar-refractivity contribution in [3.63, 3.8) is 0 Å². The van der Waals surface area contributed by atoms with Crippen molar-refractivity contribution in [2.75, 3.05) is 25.6 Å². The molecule has 0 heterocycles. The van der Waals surface area contributed by atoms with E-state index in [0.29, 0.717) is 29.7 Å². The van der Waals surface area contributed by atoms with Gasteiger partial charge in [0, 0.05) is 12.8 Å². The van der Waals surface area contributed by atoms with Crippen LogP contribution in [-0.2, 0) is 9.53 Å². The molecular formula is C12H17ClN2O3. The van der Waals surface area contributed by atoms with Crippen molar-refractivity contribution in [3.8, 4) is 5.75 Å². The molecule has 0 spiro atoms. The number of methoxy groups -OCH3 is 1. The van der Waals surface area contributed by atoms with Crippen LogP contribution in [0, 0.1) is 0 Å². The molecule has 1 aromatic carbocycles. The van der Waals surface area contributed by atoms with E-state index in [0.717, 1.165) is 0 Å². The van der Waals surface area contributed by atoms with Crippen molar-refractivity contribution in [2.24, 2.45) is 5.73 Å². The smallest absolute Gasteiger partial charge is 0.240 e. The summed E-state index contributed by atoms with van der Waals surface area (Å²) in [5.41, 5.74) is 6.03. The van der Waals surface area contributed by atoms with Gasteiger partial charge in [-0.1, -0.05) is 11.6 Å². The molecule has 0 aromatic heterocycles. The molecule has 0 aliphatic carbocycles. The van der Waals surface area contributed by atoms with Crippen molar-refractivity contribution in [1.82, 2.24) is 0 Å². The number of benzene rings is 1. The highest BCUT2D eigenvalue weighted by atomic mass is 35.5. The fraction of sp³-hybridized carbons (Fsp3) is 0.417. The van der Waals surface area contributed by atoms with Crippen LogP contribution in [0.25, 0.3) is 0 Å². The average molecular weight is 273 g/mol. The molecular weight excluding hydrogens is 256 g/mol. The maximum absolute atomic E-state index is 11.4. The Morgan fingerprint density at radius 1 is 1.50 bits per heavy atom. The minimum absolute atomic E-state index is 0.265. The lowest BCUT2D eigenvalue weighted by Crippen LogP contribution is -2.32. The molecule has 0 aliphatic heterocycles. The normalized spacial score (nSPS) is 12.0. The molecule has 100 valence electrons. The molecule has 0 saturated heterocycles. The first-order chi connectivity index (χ1) is 8.54. The molecule has 0 bridgehead atoms. The number of carbonyl (C=O) groups is 1. The van der Waals surface area contributed by atoms with Crippen LogP contribution in [0.3, 0.4) is 0 Å². The van der Waals surface area contributed by atoms with Crippen molar-refractivity contribution in [1.29, 1.82) is 0 Å². The van der Waals surface area contributed by atoms with Gasteiger partial charge in [0.05, 0.1) is 17.7 Å². The molecule has 1 amide bonds. The number of rotatable bonds is 6. The number of nitrogens with two attached hydrogens (primary N) is 1. The van der Waals surface area contributed by atoms with E-state index in [1.54, 1.807) is 32.2 Å². The van der Waals surface area contributed by atoms with Gasteiger partial charge in [-0.2, -0.15) is 0 Å². The van der Waals surface area contributed by atoms with E-state index >= 15 is 0 Å². The lowest BCUT2D eigenvalue weighted by atomic mass is 10.2. The van der Waals surface area contributed by atoms with Gasteiger partial charge in [-0.05, 0) is 25.1 Å². The summed E-state index contributed by atoms with van der Waals surface area (Å²) in [7, 11) is 1.59. The van der Waals surface area contributed by atoms with Gasteiger partial charge < -0.3 is 20.5 Å². The topological polar surface area (TPSA) is 73.6 Å². The Morgan fingerprint density at radius 3 is 2.78 bits per heavy atom. The molecule has 0 unspecified atom stereocenters. The summed E-state index contributed by atoms with van der Waals surface area (Å²) >= 11 is 6.02. The van der Waals surface area contributed by atoms with Gasteiger partial charge >= 0.3 is 0 Å². The first-order valence-corrected chi connectivity index (χ1v) is 5.90. The van der Waals surface area contributed by atoms with Gasteiger partial charge in [-0.25, -0.2) is 0 Å². The van der Waals surface area contributed by atoms with Gasteiger partial charge in [-0.3, -0.25) is 4.79 Å². The van der Waals surface area contributed by atoms with Crippen LogP contribution < -0.4 is 15.8 Å². The maximum Gasteiger partial charge on any atom is 0.240 e. The summed E-state index contributed by atoms with van der Waals surface area (Å²) in [6.07, 6.45) is 0. The third-order valence-electron chi connectivity index (χ3n) is 2.16. The Labute approximate surface area is 111 Å². The van der Waals surface area contributed by atoms with E-state index in [1.165, 1.54) is 0 Å². The molecule has 1 rings (SSSR count). The van der Waals surface area contributed by atoms with Crippen molar-refractivity contribution < 1.29 is 14.3 Å². The van der Waals surface area contributed by atoms with E-state index in [1.807, 2.05) is 0 Å². The number of carbonyl (C=O) groups excluding carboxylic acids is 1. The number of ether oxygens (including phenoxy) is 2. The minimum Gasteiger partial charge on any atom is -0.490 e. The lowest BCUT2D eigenvalue weighted by molar-refractivity contribution is -0.117. The van der Waals surface area contributed by atoms with Crippen LogP contribution in [-0.4, -0.2) is 32.3 Å². The number of amides is 1. The Kier molecular flexibility index (Phi) is 5.91. The average Bonchev–Trinajstić information content (AvgIpc) is 2.32. The quantitative estimate of drug-likeness (QED) is 0.773. The third-order valence-corrected chi connectivity index (χ3v) is 2.45. The molecule has 3 N–H and O–H groups in total. The van der Waals surface area contributed by atoms with Gasteiger partial charge in [0.1, 0.15) is 12.4 Å². The summed E-state index contributed by atoms with van der Waals surface area (Å²) in [6.45, 7) is 2.51. The highest BCUT2D eigenvalue weighted by molar-refractivity contribution is 6.32. The first kappa shape index (κ1) is 14.8. The second-order valence-electron chi connectivity index (χ2n) is 3.76. The molecule has 0 aliphatic rings. The summed E-state index contributed by atoms with van der Waals surface area (Å²) in [6, 6.07) is 4.44. The van der Waals surface area contributed by atoms with Crippen LogP contribution in [0.15, 0.2) is 18.2 Å². The fourth-order valence-electron chi connectivity index (χ4n) is 1.19. The van der Waals surface area contributed by atoms with Gasteiger partial charge in [0.2, 0.25) is 5.91 Å². The number of hydrogen-bond acceptors (Lipinski definition) is 4. The van der Waals surface area contributed by atoms with Crippen LogP contribution in [0.2, 0.25) is 5.02 Å². The largest absolute Gasteiger partial charge is 0.490 e. The zero-order valence-electron chi connectivity index (χ0n) is 10.4. The highest BCUT2D eigenvalue weighted by Crippen LogP contribution is 2.27. The van der Waals surface area contributed by atoms with Crippen LogP contribution in [0.4, 0.5) is 5.69 Å². The number of hydrogen-bond donors (Lipinski definition) is 2. The van der Waals surface area contributed by atoms with Crippen LogP contribution in [0.5, 0.6) is 5.75 Å². The van der Waals surface area contributed by atoms with E-state index in [-0.39, 0.29) is 5.91 Å². The zero-order valence-corrected chi connectivity index (χ0v) is 11.2. The summed E-state index contributed by atoms with van der Waals surface area (Å²) in [4.78, 5) is 11.4. The maximum atomic E-state index is 11.4. The summed E-state index contributed by atoms with van der Waals surface area (Å²) in [5.74, 6) is 0.284. The molecule has 0 saturated carbocycles. The summed E-state index contributed by atoms with van der Waals surface area (Å²) < 4.78 is 10.3. The Morgan fingerprint density at radius 2 is 2.22 bits per heavy atom. The van der Waals surface area contributed by atoms with Crippen LogP contribution >= 0.6 is 11.6 Å². The predicted octanol–water partition coefficient (Wildman–Crippen LogP) is 1.65. The molecule has 1 atom stereocenters. The second-order valence-corrected chi connectivity index (χ2v) is 4.17. The van der Waals surface area contributed by atoms with E-state index in [9.17, 15) is 4.79 Å². The Balaban J connectivity index is 2.64. The first-order valence-electron chi connectivity index (χ1n) is 5.52. The predicted molar refractivity (Wildman–Crippen MR) is 71.1 cm³/mol. The monoisotopic (exact) mass is 272 g/mol. The lowest BCUT2D eigenvalue weighted by Gasteiger charge is -2.11. The Bertz CT molecular complexity index is 410. The number of nitrogens with one attached hydrogen (secondary N) is 1. The fourth-order valence-corrected chi connectivity index (χ4v) is 1.42. The molecule has 18 heavy (non-hydrogen) atoms. The molecule has 0 radical (unpaired) electrons. The van der Waals surface area contributed by atoms with Gasteiger partial charge in [0.25, 0.3) is 0 Å². The van der Waals surface area contributed by atoms with Crippen molar-refractivity contribution in [3.05, 3.63) is 23.2 Å². The van der Waals surface area contributed by atoms with Crippen molar-refractivity contribution in [2.45, 2.75) is 13.0 Å². The second kappa shape index (κ2) is 7.20. The highest BCUT2D eigenvalue weighted by Gasteiger charge is 2.09. The van der Waals surface area contributed by atoms with E-state index < -0.39 is 6.04 Å². The molecule has 5 nitrogen and oxygen atoms in total. The van der Waals surface area contributed by atoms with E-state index in [2.05, 4.69) is 5.32 Å².